The molecule has 0 amide bonds. The number of rotatable bonds is 1. The van der Waals surface area contributed by atoms with Crippen molar-refractivity contribution >= 4 is 33.5 Å². The van der Waals surface area contributed by atoms with Crippen molar-refractivity contribution in [3.63, 3.8) is 0 Å². The molecule has 1 saturated heterocycles. The number of benzene rings is 1. The second kappa shape index (κ2) is 4.53. The highest BCUT2D eigenvalue weighted by Gasteiger charge is 2.20. The van der Waals surface area contributed by atoms with Gasteiger partial charge in [-0.25, -0.2) is 4.39 Å². The highest BCUT2D eigenvalue weighted by Crippen LogP contribution is 2.27. The first-order valence-electron chi connectivity index (χ1n) is 5.67. The largest absolute Gasteiger partial charge is 0.379 e. The van der Waals surface area contributed by atoms with Gasteiger partial charge in [0.2, 0.25) is 0 Å². The lowest BCUT2D eigenvalue weighted by molar-refractivity contribution is 0.0564. The Balaban J connectivity index is 2.10. The quantitative estimate of drug-likeness (QED) is 0.742. The minimum absolute atomic E-state index is 0.213. The molecule has 1 fully saturated rings. The third-order valence-corrected chi connectivity index (χ3v) is 3.90. The molecule has 1 aromatic heterocycles. The van der Waals surface area contributed by atoms with E-state index in [1.165, 1.54) is 6.07 Å². The van der Waals surface area contributed by atoms with Gasteiger partial charge in [0.15, 0.2) is 0 Å². The molecule has 2 aromatic rings. The summed E-state index contributed by atoms with van der Waals surface area (Å²) in [6.07, 6.45) is 2.13. The Hall–Kier alpha value is -0.690. The standard InChI is InChI=1S/C12H12FIN2O/c13-8-3-4-11-10(6-8)12(14)15-16(11)9-2-1-5-17-7-9/h3-4,6,9H,1-2,5,7H2/t9-/m0/s1. The Morgan fingerprint density at radius 1 is 1.47 bits per heavy atom. The molecule has 0 spiro atoms. The summed E-state index contributed by atoms with van der Waals surface area (Å²) in [6, 6.07) is 5.11. The molecule has 0 saturated carbocycles. The zero-order chi connectivity index (χ0) is 11.8. The van der Waals surface area contributed by atoms with Gasteiger partial charge >= 0.3 is 0 Å². The van der Waals surface area contributed by atoms with Crippen LogP contribution in [0.4, 0.5) is 4.39 Å². The molecule has 1 atom stereocenters. The molecule has 17 heavy (non-hydrogen) atoms. The molecule has 3 rings (SSSR count). The molecule has 0 radical (unpaired) electrons. The van der Waals surface area contributed by atoms with Crippen LogP contribution in [-0.4, -0.2) is 23.0 Å². The van der Waals surface area contributed by atoms with E-state index in [0.29, 0.717) is 6.61 Å². The van der Waals surface area contributed by atoms with Crippen LogP contribution in [0.1, 0.15) is 18.9 Å². The van der Waals surface area contributed by atoms with Crippen molar-refractivity contribution in [2.45, 2.75) is 18.9 Å². The lowest BCUT2D eigenvalue weighted by Gasteiger charge is -2.23. The van der Waals surface area contributed by atoms with Crippen molar-refractivity contribution in [3.8, 4) is 0 Å². The highest BCUT2D eigenvalue weighted by molar-refractivity contribution is 14.1. The normalized spacial score (nSPS) is 20.9. The predicted molar refractivity (Wildman–Crippen MR) is 71.5 cm³/mol. The maximum absolute atomic E-state index is 13.2. The molecule has 0 aliphatic carbocycles. The number of nitrogens with zero attached hydrogens (tertiary/aromatic N) is 2. The van der Waals surface area contributed by atoms with E-state index in [9.17, 15) is 4.39 Å². The Morgan fingerprint density at radius 2 is 2.35 bits per heavy atom. The molecular weight excluding hydrogens is 334 g/mol. The van der Waals surface area contributed by atoms with E-state index in [2.05, 4.69) is 27.7 Å². The van der Waals surface area contributed by atoms with Crippen molar-refractivity contribution in [3.05, 3.63) is 27.7 Å². The van der Waals surface area contributed by atoms with E-state index in [1.54, 1.807) is 12.1 Å². The summed E-state index contributed by atoms with van der Waals surface area (Å²) in [4.78, 5) is 0. The minimum atomic E-state index is -0.213. The number of hydrogen-bond acceptors (Lipinski definition) is 2. The fraction of sp³-hybridized carbons (Fsp3) is 0.417. The van der Waals surface area contributed by atoms with Gasteiger partial charge in [-0.3, -0.25) is 4.68 Å². The first-order valence-corrected chi connectivity index (χ1v) is 6.74. The summed E-state index contributed by atoms with van der Waals surface area (Å²) in [5, 5.41) is 5.40. The van der Waals surface area contributed by atoms with Gasteiger partial charge in [-0.1, -0.05) is 0 Å². The fourth-order valence-electron chi connectivity index (χ4n) is 2.27. The SMILES string of the molecule is Fc1ccc2c(c1)c(I)nn2[C@H]1CCCOC1. The van der Waals surface area contributed by atoms with Crippen LogP contribution >= 0.6 is 22.6 Å². The zero-order valence-electron chi connectivity index (χ0n) is 9.20. The van der Waals surface area contributed by atoms with E-state index in [0.717, 1.165) is 34.1 Å². The average molecular weight is 346 g/mol. The number of hydrogen-bond donors (Lipinski definition) is 0. The second-order valence-electron chi connectivity index (χ2n) is 4.27. The maximum atomic E-state index is 13.2. The van der Waals surface area contributed by atoms with Gasteiger partial charge in [-0.05, 0) is 53.6 Å². The van der Waals surface area contributed by atoms with E-state index < -0.39 is 0 Å². The van der Waals surface area contributed by atoms with Crippen LogP contribution in [0.5, 0.6) is 0 Å². The number of fused-ring (bicyclic) bond motifs is 1. The van der Waals surface area contributed by atoms with Gasteiger partial charge in [-0.15, -0.1) is 0 Å². The van der Waals surface area contributed by atoms with E-state index >= 15 is 0 Å². The molecular formula is C12H12FIN2O. The van der Waals surface area contributed by atoms with Crippen LogP contribution < -0.4 is 0 Å². The second-order valence-corrected chi connectivity index (χ2v) is 5.29. The van der Waals surface area contributed by atoms with Gasteiger partial charge in [0.1, 0.15) is 9.52 Å². The maximum Gasteiger partial charge on any atom is 0.131 e. The first-order chi connectivity index (χ1) is 8.25. The first kappa shape index (κ1) is 11.4. The highest BCUT2D eigenvalue weighted by atomic mass is 127. The van der Waals surface area contributed by atoms with Gasteiger partial charge in [0.25, 0.3) is 0 Å². The summed E-state index contributed by atoms with van der Waals surface area (Å²) in [5.74, 6) is -0.213. The van der Waals surface area contributed by atoms with Crippen LogP contribution in [-0.2, 0) is 4.74 Å². The fourth-order valence-corrected chi connectivity index (χ4v) is 2.94. The van der Waals surface area contributed by atoms with Crippen LogP contribution in [0.25, 0.3) is 10.9 Å². The number of ether oxygens (including phenoxy) is 1. The molecule has 2 heterocycles. The molecule has 0 N–H and O–H groups in total. The monoisotopic (exact) mass is 346 g/mol. The summed E-state index contributed by atoms with van der Waals surface area (Å²) < 4.78 is 21.5. The molecule has 3 nitrogen and oxygen atoms in total. The van der Waals surface area contributed by atoms with E-state index in [-0.39, 0.29) is 11.9 Å². The zero-order valence-corrected chi connectivity index (χ0v) is 11.4. The molecule has 0 bridgehead atoms. The molecule has 5 heteroatoms. The number of aromatic nitrogens is 2. The van der Waals surface area contributed by atoms with E-state index in [4.69, 9.17) is 4.74 Å². The van der Waals surface area contributed by atoms with Gasteiger partial charge in [-0.2, -0.15) is 5.10 Å². The molecule has 0 unspecified atom stereocenters. The summed E-state index contributed by atoms with van der Waals surface area (Å²) in [6.45, 7) is 1.53. The van der Waals surface area contributed by atoms with Crippen molar-refractivity contribution < 1.29 is 9.13 Å². The predicted octanol–water partition coefficient (Wildman–Crippen LogP) is 3.13. The third-order valence-electron chi connectivity index (χ3n) is 3.11. The lowest BCUT2D eigenvalue weighted by Crippen LogP contribution is -2.22. The third kappa shape index (κ3) is 2.06. The Bertz CT molecular complexity index is 549. The van der Waals surface area contributed by atoms with Gasteiger partial charge in [0, 0.05) is 12.0 Å². The van der Waals surface area contributed by atoms with Crippen molar-refractivity contribution in [2.24, 2.45) is 0 Å². The Morgan fingerprint density at radius 3 is 3.12 bits per heavy atom. The van der Waals surface area contributed by atoms with Crippen molar-refractivity contribution in [1.29, 1.82) is 0 Å². The Kier molecular flexibility index (Phi) is 3.04. The Labute approximate surface area is 112 Å². The smallest absolute Gasteiger partial charge is 0.131 e. The lowest BCUT2D eigenvalue weighted by atomic mass is 10.1. The molecule has 90 valence electrons. The van der Waals surface area contributed by atoms with Crippen molar-refractivity contribution in [1.82, 2.24) is 9.78 Å². The summed E-state index contributed by atoms with van der Waals surface area (Å²) >= 11 is 2.15. The van der Waals surface area contributed by atoms with Crippen molar-refractivity contribution in [2.75, 3.05) is 13.2 Å². The molecule has 1 aromatic carbocycles. The molecule has 1 aliphatic rings. The average Bonchev–Trinajstić information content (AvgIpc) is 2.68. The summed E-state index contributed by atoms with van der Waals surface area (Å²) in [7, 11) is 0. The minimum Gasteiger partial charge on any atom is -0.379 e. The van der Waals surface area contributed by atoms with Gasteiger partial charge in [0.05, 0.1) is 18.2 Å². The van der Waals surface area contributed by atoms with Crippen LogP contribution in [0.15, 0.2) is 18.2 Å². The van der Waals surface area contributed by atoms with Crippen LogP contribution in [0, 0.1) is 9.52 Å². The molecule has 1 aliphatic heterocycles. The number of halogens is 2. The topological polar surface area (TPSA) is 27.1 Å². The van der Waals surface area contributed by atoms with Gasteiger partial charge < -0.3 is 4.74 Å². The van der Waals surface area contributed by atoms with Crippen LogP contribution in [0.3, 0.4) is 0 Å². The van der Waals surface area contributed by atoms with Crippen LogP contribution in [0.2, 0.25) is 0 Å². The summed E-state index contributed by atoms with van der Waals surface area (Å²) in [5.41, 5.74) is 0.992. The van der Waals surface area contributed by atoms with E-state index in [1.807, 2.05) is 4.68 Å².